The van der Waals surface area contributed by atoms with E-state index in [9.17, 15) is 0 Å². The third-order valence-electron chi connectivity index (χ3n) is 3.73. The highest BCUT2D eigenvalue weighted by Gasteiger charge is 2.16. The van der Waals surface area contributed by atoms with Crippen LogP contribution in [0.4, 0.5) is 0 Å². The van der Waals surface area contributed by atoms with E-state index in [1.807, 2.05) is 24.3 Å². The van der Waals surface area contributed by atoms with Gasteiger partial charge >= 0.3 is 0 Å². The molecule has 3 aromatic heterocycles. The number of aryl methyl sites for hydroxylation is 1. The summed E-state index contributed by atoms with van der Waals surface area (Å²) < 4.78 is 8.52. The number of thiazole rings is 1. The Kier molecular flexibility index (Phi) is 2.24. The van der Waals surface area contributed by atoms with Crippen LogP contribution in [0.2, 0.25) is 0 Å². The van der Waals surface area contributed by atoms with Gasteiger partial charge in [0.15, 0.2) is 4.96 Å². The summed E-state index contributed by atoms with van der Waals surface area (Å²) in [6.45, 7) is 1.79. The van der Waals surface area contributed by atoms with Crippen molar-refractivity contribution < 1.29 is 4.52 Å². The molecule has 0 aliphatic heterocycles. The zero-order chi connectivity index (χ0) is 14.7. The number of hydrogen-bond donors (Lipinski definition) is 0. The van der Waals surface area contributed by atoms with Crippen LogP contribution in [-0.4, -0.2) is 19.5 Å². The highest BCUT2D eigenvalue weighted by Crippen LogP contribution is 2.33. The largest absolute Gasteiger partial charge is 0.339 e. The molecule has 5 nitrogen and oxygen atoms in total. The van der Waals surface area contributed by atoms with Crippen molar-refractivity contribution in [1.82, 2.24) is 19.5 Å². The lowest BCUT2D eigenvalue weighted by Crippen LogP contribution is -1.84. The molecule has 0 atom stereocenters. The van der Waals surface area contributed by atoms with Gasteiger partial charge in [-0.25, -0.2) is 4.98 Å². The third-order valence-corrected chi connectivity index (χ3v) is 4.75. The second-order valence-corrected chi connectivity index (χ2v) is 6.12. The molecule has 0 N–H and O–H groups in total. The molecule has 106 valence electrons. The maximum absolute atomic E-state index is 5.10. The number of hydrogen-bond acceptors (Lipinski definition) is 5. The smallest absolute Gasteiger partial charge is 0.223 e. The van der Waals surface area contributed by atoms with Crippen LogP contribution < -0.4 is 0 Å². The molecule has 0 saturated heterocycles. The minimum Gasteiger partial charge on any atom is -0.339 e. The molecule has 5 aromatic rings. The molecule has 0 radical (unpaired) electrons. The Bertz CT molecular complexity index is 1150. The molecule has 0 aliphatic carbocycles. The van der Waals surface area contributed by atoms with Crippen LogP contribution in [0, 0.1) is 6.92 Å². The lowest BCUT2D eigenvalue weighted by Gasteiger charge is -1.97. The lowest BCUT2D eigenvalue weighted by atomic mass is 10.1. The second-order valence-electron chi connectivity index (χ2n) is 5.11. The first-order valence-corrected chi connectivity index (χ1v) is 7.72. The van der Waals surface area contributed by atoms with Crippen molar-refractivity contribution in [2.45, 2.75) is 6.92 Å². The van der Waals surface area contributed by atoms with E-state index < -0.39 is 0 Å². The molecule has 0 amide bonds. The van der Waals surface area contributed by atoms with Gasteiger partial charge in [-0.2, -0.15) is 4.98 Å². The van der Waals surface area contributed by atoms with Crippen molar-refractivity contribution in [2.24, 2.45) is 0 Å². The van der Waals surface area contributed by atoms with E-state index in [1.54, 1.807) is 18.3 Å². The molecule has 0 spiro atoms. The number of rotatable bonds is 1. The Morgan fingerprint density at radius 1 is 1.00 bits per heavy atom. The number of benzene rings is 2. The molecule has 5 rings (SSSR count). The van der Waals surface area contributed by atoms with Crippen LogP contribution >= 0.6 is 11.3 Å². The minimum atomic E-state index is 0.554. The lowest BCUT2D eigenvalue weighted by molar-refractivity contribution is 0.394. The third kappa shape index (κ3) is 1.50. The predicted molar refractivity (Wildman–Crippen MR) is 86.1 cm³/mol. The van der Waals surface area contributed by atoms with Gasteiger partial charge in [-0.15, -0.1) is 0 Å². The molecule has 0 aliphatic rings. The molecule has 0 unspecified atom stereocenters. The van der Waals surface area contributed by atoms with E-state index in [2.05, 4.69) is 32.7 Å². The van der Waals surface area contributed by atoms with Crippen molar-refractivity contribution >= 4 is 37.5 Å². The van der Waals surface area contributed by atoms with Crippen LogP contribution in [0.5, 0.6) is 0 Å². The van der Waals surface area contributed by atoms with Gasteiger partial charge in [0.2, 0.25) is 11.7 Å². The van der Waals surface area contributed by atoms with Crippen molar-refractivity contribution in [3.63, 3.8) is 0 Å². The van der Waals surface area contributed by atoms with Gasteiger partial charge in [-0.1, -0.05) is 34.7 Å². The van der Waals surface area contributed by atoms with Gasteiger partial charge in [0, 0.05) is 6.92 Å². The summed E-state index contributed by atoms with van der Waals surface area (Å²) in [5, 5.41) is 4.02. The molecule has 0 fully saturated rings. The summed E-state index contributed by atoms with van der Waals surface area (Å²) in [7, 11) is 0. The summed E-state index contributed by atoms with van der Waals surface area (Å²) >= 11 is 1.68. The molecule has 6 heteroatoms. The van der Waals surface area contributed by atoms with Crippen LogP contribution in [0.3, 0.4) is 0 Å². The predicted octanol–water partition coefficient (Wildman–Crippen LogP) is 4.06. The highest BCUT2D eigenvalue weighted by molar-refractivity contribution is 7.23. The van der Waals surface area contributed by atoms with Gasteiger partial charge < -0.3 is 4.52 Å². The average Bonchev–Trinajstić information content (AvgIpc) is 3.19. The van der Waals surface area contributed by atoms with E-state index in [-0.39, 0.29) is 0 Å². The van der Waals surface area contributed by atoms with E-state index in [4.69, 9.17) is 9.51 Å². The number of nitrogens with zero attached hydrogens (tertiary/aromatic N) is 4. The van der Waals surface area contributed by atoms with Crippen molar-refractivity contribution in [1.29, 1.82) is 0 Å². The zero-order valence-electron chi connectivity index (χ0n) is 11.6. The average molecular weight is 306 g/mol. The van der Waals surface area contributed by atoms with Crippen LogP contribution in [0.25, 0.3) is 37.6 Å². The topological polar surface area (TPSA) is 56.2 Å². The number of para-hydroxylation sites is 2. The highest BCUT2D eigenvalue weighted by atomic mass is 32.1. The fourth-order valence-corrected chi connectivity index (χ4v) is 3.83. The Morgan fingerprint density at radius 3 is 2.73 bits per heavy atom. The maximum Gasteiger partial charge on any atom is 0.223 e. The number of aromatic nitrogens is 4. The van der Waals surface area contributed by atoms with Crippen LogP contribution in [-0.2, 0) is 0 Å². The zero-order valence-corrected chi connectivity index (χ0v) is 12.5. The SMILES string of the molecule is Cc1nc(-c2cccc3c2nc2sc4ccccc4n23)no1. The Hall–Kier alpha value is -2.73. The summed E-state index contributed by atoms with van der Waals surface area (Å²) in [4.78, 5) is 10.1. The van der Waals surface area contributed by atoms with Crippen LogP contribution in [0.15, 0.2) is 47.0 Å². The number of fused-ring (bicyclic) bond motifs is 5. The molecule has 22 heavy (non-hydrogen) atoms. The van der Waals surface area contributed by atoms with Gasteiger partial charge in [0.25, 0.3) is 0 Å². The van der Waals surface area contributed by atoms with Crippen LogP contribution in [0.1, 0.15) is 5.89 Å². The second kappa shape index (κ2) is 4.14. The van der Waals surface area contributed by atoms with Crippen molar-refractivity contribution in [3.05, 3.63) is 48.4 Å². The molecular weight excluding hydrogens is 296 g/mol. The standard InChI is InChI=1S/C16H10N4OS/c1-9-17-15(19-21-9)10-5-4-7-12-14(10)18-16-20(12)11-6-2-3-8-13(11)22-16/h2-8H,1H3. The fraction of sp³-hybridized carbons (Fsp3) is 0.0625. The molecule has 3 heterocycles. The first-order chi connectivity index (χ1) is 10.8. The van der Waals surface area contributed by atoms with E-state index in [0.29, 0.717) is 11.7 Å². The molecule has 0 saturated carbocycles. The summed E-state index contributed by atoms with van der Waals surface area (Å²) in [6.07, 6.45) is 0. The monoisotopic (exact) mass is 306 g/mol. The Balaban J connectivity index is 1.93. The summed E-state index contributed by atoms with van der Waals surface area (Å²) in [5.74, 6) is 1.14. The fourth-order valence-electron chi connectivity index (χ4n) is 2.79. The Morgan fingerprint density at radius 2 is 1.86 bits per heavy atom. The normalized spacial score (nSPS) is 11.9. The number of imidazole rings is 1. The summed E-state index contributed by atoms with van der Waals surface area (Å²) in [5.41, 5.74) is 4.04. The van der Waals surface area contributed by atoms with Gasteiger partial charge in [-0.3, -0.25) is 4.40 Å². The summed E-state index contributed by atoms with van der Waals surface area (Å²) in [6, 6.07) is 14.4. The first-order valence-electron chi connectivity index (χ1n) is 6.91. The first kappa shape index (κ1) is 11.9. The van der Waals surface area contributed by atoms with Crippen molar-refractivity contribution in [2.75, 3.05) is 0 Å². The van der Waals surface area contributed by atoms with E-state index in [1.165, 1.54) is 10.2 Å². The van der Waals surface area contributed by atoms with Gasteiger partial charge in [0.05, 0.1) is 21.3 Å². The van der Waals surface area contributed by atoms with E-state index >= 15 is 0 Å². The minimum absolute atomic E-state index is 0.554. The Labute approximate surface area is 128 Å². The maximum atomic E-state index is 5.10. The molecular formula is C16H10N4OS. The van der Waals surface area contributed by atoms with E-state index in [0.717, 1.165) is 21.6 Å². The quantitative estimate of drug-likeness (QED) is 0.468. The van der Waals surface area contributed by atoms with Crippen molar-refractivity contribution in [3.8, 4) is 11.4 Å². The van der Waals surface area contributed by atoms with Gasteiger partial charge in [-0.05, 0) is 24.3 Å². The molecule has 0 bridgehead atoms. The van der Waals surface area contributed by atoms with Gasteiger partial charge in [0.1, 0.15) is 5.52 Å². The molecule has 2 aromatic carbocycles.